The van der Waals surface area contributed by atoms with Gasteiger partial charge in [0.05, 0.1) is 4.90 Å². The second-order valence-electron chi connectivity index (χ2n) is 6.86. The molecule has 158 valence electrons. The van der Waals surface area contributed by atoms with Gasteiger partial charge in [-0.2, -0.15) is 13.4 Å². The standard InChI is InChI=1S/C18H20FN7O3S/c1-18(2)25-15(20)24-16(21)26(18)13-7-3-11(4-8-13)22-17(27)23-12-5-9-14(10-6-12)30(19,28)29/h3-10H,1-2H3,(H2,22,23,27)(H4,20,21,24,25). The van der Waals surface area contributed by atoms with Crippen LogP contribution in [-0.4, -0.2) is 32.0 Å². The molecule has 2 aromatic rings. The van der Waals surface area contributed by atoms with Crippen molar-refractivity contribution in [3.05, 3.63) is 48.5 Å². The van der Waals surface area contributed by atoms with Crippen LogP contribution in [0.2, 0.25) is 0 Å². The fourth-order valence-electron chi connectivity index (χ4n) is 2.94. The number of hydrogen-bond donors (Lipinski definition) is 4. The van der Waals surface area contributed by atoms with Gasteiger partial charge in [-0.1, -0.05) is 0 Å². The zero-order chi connectivity index (χ0) is 22.1. The number of carbonyl (C=O) groups is 1. The maximum absolute atomic E-state index is 12.9. The van der Waals surface area contributed by atoms with Gasteiger partial charge in [-0.3, -0.25) is 4.90 Å². The number of rotatable bonds is 4. The van der Waals surface area contributed by atoms with Gasteiger partial charge in [0.25, 0.3) is 0 Å². The van der Waals surface area contributed by atoms with Crippen molar-refractivity contribution in [2.24, 2.45) is 21.5 Å². The van der Waals surface area contributed by atoms with Crippen molar-refractivity contribution < 1.29 is 17.1 Å². The fraction of sp³-hybridized carbons (Fsp3) is 0.167. The molecule has 0 unspecified atom stereocenters. The van der Waals surface area contributed by atoms with E-state index in [2.05, 4.69) is 20.6 Å². The number of nitrogens with one attached hydrogen (secondary N) is 2. The number of nitrogens with zero attached hydrogens (tertiary/aromatic N) is 3. The third kappa shape index (κ3) is 4.66. The van der Waals surface area contributed by atoms with Crippen LogP contribution in [0.1, 0.15) is 13.8 Å². The van der Waals surface area contributed by atoms with E-state index in [-0.39, 0.29) is 11.9 Å². The Hall–Kier alpha value is -3.67. The lowest BCUT2D eigenvalue weighted by Gasteiger charge is -2.38. The molecule has 30 heavy (non-hydrogen) atoms. The first-order chi connectivity index (χ1) is 14.0. The first-order valence-electron chi connectivity index (χ1n) is 8.68. The summed E-state index contributed by atoms with van der Waals surface area (Å²) in [6.07, 6.45) is 0. The van der Waals surface area contributed by atoms with Gasteiger partial charge in [-0.15, -0.1) is 3.89 Å². The number of hydrogen-bond acceptors (Lipinski definition) is 8. The molecular formula is C18H20FN7O3S. The summed E-state index contributed by atoms with van der Waals surface area (Å²) >= 11 is 0. The molecule has 0 radical (unpaired) electrons. The van der Waals surface area contributed by atoms with Crippen LogP contribution in [0.4, 0.5) is 25.7 Å². The Morgan fingerprint density at radius 2 is 1.50 bits per heavy atom. The molecule has 0 saturated heterocycles. The average molecular weight is 433 g/mol. The smallest absolute Gasteiger partial charge is 0.332 e. The van der Waals surface area contributed by atoms with Crippen LogP contribution in [0.5, 0.6) is 0 Å². The largest absolute Gasteiger partial charge is 0.369 e. The molecule has 12 heteroatoms. The molecule has 0 fully saturated rings. The molecule has 0 saturated carbocycles. The van der Waals surface area contributed by atoms with E-state index in [1.807, 2.05) is 13.8 Å². The van der Waals surface area contributed by atoms with E-state index in [0.717, 1.165) is 12.1 Å². The summed E-state index contributed by atoms with van der Waals surface area (Å²) in [6, 6.07) is 10.9. The molecule has 0 bridgehead atoms. The topological polar surface area (TPSA) is 155 Å². The van der Waals surface area contributed by atoms with Crippen LogP contribution in [-0.2, 0) is 10.2 Å². The zero-order valence-electron chi connectivity index (χ0n) is 16.1. The van der Waals surface area contributed by atoms with E-state index in [9.17, 15) is 17.1 Å². The second kappa shape index (κ2) is 7.63. The molecule has 0 atom stereocenters. The molecule has 0 spiro atoms. The van der Waals surface area contributed by atoms with Crippen molar-refractivity contribution in [3.8, 4) is 0 Å². The van der Waals surface area contributed by atoms with Gasteiger partial charge in [0.1, 0.15) is 5.66 Å². The van der Waals surface area contributed by atoms with E-state index < -0.39 is 26.8 Å². The summed E-state index contributed by atoms with van der Waals surface area (Å²) in [5.41, 5.74) is 12.4. The van der Waals surface area contributed by atoms with Gasteiger partial charge < -0.3 is 22.1 Å². The number of halogens is 1. The molecule has 1 heterocycles. The molecule has 1 aliphatic heterocycles. The minimum absolute atomic E-state index is 0.0980. The van der Waals surface area contributed by atoms with Crippen molar-refractivity contribution >= 4 is 45.2 Å². The van der Waals surface area contributed by atoms with Crippen LogP contribution < -0.4 is 27.0 Å². The molecule has 0 aromatic heterocycles. The first-order valence-corrected chi connectivity index (χ1v) is 10.1. The zero-order valence-corrected chi connectivity index (χ0v) is 16.9. The average Bonchev–Trinajstić information content (AvgIpc) is 2.61. The SMILES string of the molecule is CC1(C)N=C(N)N=C(N)N1c1ccc(NC(=O)Nc2ccc(S(=O)(=O)F)cc2)cc1. The Morgan fingerprint density at radius 1 is 1.00 bits per heavy atom. The Balaban J connectivity index is 1.67. The van der Waals surface area contributed by atoms with E-state index in [4.69, 9.17) is 11.5 Å². The van der Waals surface area contributed by atoms with E-state index in [0.29, 0.717) is 17.1 Å². The van der Waals surface area contributed by atoms with Crippen molar-refractivity contribution in [2.45, 2.75) is 24.4 Å². The van der Waals surface area contributed by atoms with Gasteiger partial charge in [-0.05, 0) is 62.4 Å². The lowest BCUT2D eigenvalue weighted by Crippen LogP contribution is -2.54. The Morgan fingerprint density at radius 3 is 1.97 bits per heavy atom. The number of aliphatic imine (C=N–C) groups is 2. The van der Waals surface area contributed by atoms with Gasteiger partial charge in [-0.25, -0.2) is 9.79 Å². The van der Waals surface area contributed by atoms with Crippen LogP contribution in [0, 0.1) is 0 Å². The van der Waals surface area contributed by atoms with Gasteiger partial charge in [0.2, 0.25) is 11.9 Å². The van der Waals surface area contributed by atoms with Crippen LogP contribution in [0.25, 0.3) is 0 Å². The lowest BCUT2D eigenvalue weighted by atomic mass is 10.1. The second-order valence-corrected chi connectivity index (χ2v) is 8.21. The normalized spacial score (nSPS) is 15.8. The third-order valence-corrected chi connectivity index (χ3v) is 5.01. The predicted octanol–water partition coefficient (Wildman–Crippen LogP) is 2.17. The van der Waals surface area contributed by atoms with Gasteiger partial charge in [0, 0.05) is 17.1 Å². The first kappa shape index (κ1) is 21.0. The molecule has 2 amide bonds. The molecule has 6 N–H and O–H groups in total. The van der Waals surface area contributed by atoms with Crippen molar-refractivity contribution in [2.75, 3.05) is 15.5 Å². The van der Waals surface area contributed by atoms with E-state index in [1.54, 1.807) is 29.2 Å². The highest BCUT2D eigenvalue weighted by Gasteiger charge is 2.32. The van der Waals surface area contributed by atoms with Crippen LogP contribution >= 0.6 is 0 Å². The molecule has 3 rings (SSSR count). The Bertz CT molecular complexity index is 1130. The van der Waals surface area contributed by atoms with Crippen molar-refractivity contribution in [1.29, 1.82) is 0 Å². The third-order valence-electron chi connectivity index (χ3n) is 4.17. The lowest BCUT2D eigenvalue weighted by molar-refractivity contribution is 0.262. The number of amides is 2. The molecule has 1 aliphatic rings. The minimum atomic E-state index is -4.79. The number of carbonyl (C=O) groups excluding carboxylic acids is 1. The molecule has 10 nitrogen and oxygen atoms in total. The predicted molar refractivity (Wildman–Crippen MR) is 114 cm³/mol. The summed E-state index contributed by atoms with van der Waals surface area (Å²) in [6.45, 7) is 3.67. The monoisotopic (exact) mass is 433 g/mol. The summed E-state index contributed by atoms with van der Waals surface area (Å²) < 4.78 is 34.6. The van der Waals surface area contributed by atoms with Crippen LogP contribution in [0.3, 0.4) is 0 Å². The van der Waals surface area contributed by atoms with Gasteiger partial charge >= 0.3 is 16.3 Å². The highest BCUT2D eigenvalue weighted by atomic mass is 32.3. The minimum Gasteiger partial charge on any atom is -0.369 e. The number of benzene rings is 2. The molecule has 0 aliphatic carbocycles. The summed E-state index contributed by atoms with van der Waals surface area (Å²) in [4.78, 5) is 21.6. The quantitative estimate of drug-likeness (QED) is 0.542. The maximum atomic E-state index is 12.9. The Kier molecular flexibility index (Phi) is 5.35. The number of guanidine groups is 2. The van der Waals surface area contributed by atoms with E-state index >= 15 is 0 Å². The maximum Gasteiger partial charge on any atom is 0.332 e. The Labute approximate surface area is 172 Å². The molecule has 2 aromatic carbocycles. The summed E-state index contributed by atoms with van der Waals surface area (Å²) in [7, 11) is -4.79. The van der Waals surface area contributed by atoms with Crippen LogP contribution in [0.15, 0.2) is 63.4 Å². The highest BCUT2D eigenvalue weighted by Crippen LogP contribution is 2.28. The summed E-state index contributed by atoms with van der Waals surface area (Å²) in [5, 5.41) is 5.16. The number of nitrogens with two attached hydrogens (primary N) is 2. The fourth-order valence-corrected chi connectivity index (χ4v) is 3.40. The summed E-state index contributed by atoms with van der Waals surface area (Å²) in [5.74, 6) is 0.297. The van der Waals surface area contributed by atoms with Crippen molar-refractivity contribution in [1.82, 2.24) is 0 Å². The highest BCUT2D eigenvalue weighted by molar-refractivity contribution is 7.86. The molecular weight excluding hydrogens is 413 g/mol. The van der Waals surface area contributed by atoms with Crippen molar-refractivity contribution in [3.63, 3.8) is 0 Å². The van der Waals surface area contributed by atoms with E-state index in [1.165, 1.54) is 12.1 Å². The van der Waals surface area contributed by atoms with Gasteiger partial charge in [0.15, 0.2) is 0 Å². The number of urea groups is 1. The number of anilines is 3.